The minimum atomic E-state index is 1.17. The molecule has 0 bridgehead atoms. The fraction of sp³-hybridized carbons (Fsp3) is 0.429. The number of benzene rings is 1. The summed E-state index contributed by atoms with van der Waals surface area (Å²) in [5.41, 5.74) is 5.26. The highest BCUT2D eigenvalue weighted by Gasteiger charge is 2.00. The van der Waals surface area contributed by atoms with Gasteiger partial charge >= 0.3 is 0 Å². The zero-order valence-electron chi connectivity index (χ0n) is 9.56. The molecule has 0 heteroatoms. The van der Waals surface area contributed by atoms with E-state index >= 15 is 0 Å². The topological polar surface area (TPSA) is 0 Å². The molecule has 0 fully saturated rings. The summed E-state index contributed by atoms with van der Waals surface area (Å²) in [5.74, 6) is 0. The van der Waals surface area contributed by atoms with E-state index in [1.807, 2.05) is 0 Å². The summed E-state index contributed by atoms with van der Waals surface area (Å²) in [6.07, 6.45) is 3.73. The second-order valence-corrected chi connectivity index (χ2v) is 4.03. The minimum Gasteiger partial charge on any atom is -0.0955 e. The van der Waals surface area contributed by atoms with Gasteiger partial charge in [0.15, 0.2) is 0 Å². The first-order valence-electron chi connectivity index (χ1n) is 5.40. The maximum Gasteiger partial charge on any atom is -0.0201 e. The fourth-order valence-electron chi connectivity index (χ4n) is 1.67. The molecule has 0 amide bonds. The Labute approximate surface area is 87.7 Å². The molecular weight excluding hydrogens is 168 g/mol. The Morgan fingerprint density at radius 1 is 1.36 bits per heavy atom. The van der Waals surface area contributed by atoms with E-state index in [0.717, 1.165) is 0 Å². The zero-order chi connectivity index (χ0) is 10.6. The normalized spacial score (nSPS) is 10.2. The number of unbranched alkanes of at least 4 members (excludes halogenated alkanes) is 1. The molecule has 0 heterocycles. The van der Waals surface area contributed by atoms with Crippen molar-refractivity contribution in [2.75, 3.05) is 0 Å². The van der Waals surface area contributed by atoms with Gasteiger partial charge in [0, 0.05) is 0 Å². The molecule has 0 aliphatic rings. The van der Waals surface area contributed by atoms with Gasteiger partial charge in [-0.2, -0.15) is 0 Å². The van der Waals surface area contributed by atoms with Crippen LogP contribution in [0.2, 0.25) is 0 Å². The van der Waals surface area contributed by atoms with E-state index < -0.39 is 0 Å². The smallest absolute Gasteiger partial charge is 0.0201 e. The van der Waals surface area contributed by atoms with Crippen LogP contribution in [0.15, 0.2) is 24.8 Å². The summed E-state index contributed by atoms with van der Waals surface area (Å²) in [4.78, 5) is 0. The fourth-order valence-corrected chi connectivity index (χ4v) is 1.67. The van der Waals surface area contributed by atoms with E-state index in [9.17, 15) is 0 Å². The molecule has 0 N–H and O–H groups in total. The molecule has 0 spiro atoms. The van der Waals surface area contributed by atoms with Crippen molar-refractivity contribution in [3.05, 3.63) is 41.5 Å². The number of aryl methyl sites for hydroxylation is 2. The maximum atomic E-state index is 4.01. The quantitative estimate of drug-likeness (QED) is 0.658. The van der Waals surface area contributed by atoms with Crippen LogP contribution in [0.4, 0.5) is 0 Å². The molecule has 0 nitrogen and oxygen atoms in total. The van der Waals surface area contributed by atoms with Gasteiger partial charge in [0.25, 0.3) is 0 Å². The first kappa shape index (κ1) is 11.0. The van der Waals surface area contributed by atoms with E-state index in [1.54, 1.807) is 0 Å². The predicted octanol–water partition coefficient (Wildman–Crippen LogP) is 4.37. The molecule has 0 saturated carbocycles. The molecular formula is C14H20. The van der Waals surface area contributed by atoms with Crippen LogP contribution in [0.3, 0.4) is 0 Å². The number of hydrogen-bond donors (Lipinski definition) is 0. The average Bonchev–Trinajstić information content (AvgIpc) is 2.16. The van der Waals surface area contributed by atoms with Crippen molar-refractivity contribution in [2.45, 2.75) is 40.0 Å². The van der Waals surface area contributed by atoms with E-state index in [4.69, 9.17) is 0 Å². The molecule has 0 unspecified atom stereocenters. The minimum absolute atomic E-state index is 1.17. The second-order valence-electron chi connectivity index (χ2n) is 4.03. The third-order valence-electron chi connectivity index (χ3n) is 2.58. The van der Waals surface area contributed by atoms with Crippen molar-refractivity contribution >= 4 is 5.57 Å². The lowest BCUT2D eigenvalue weighted by molar-refractivity contribution is 0.794. The Hall–Kier alpha value is -1.04. The molecule has 76 valence electrons. The van der Waals surface area contributed by atoms with Crippen molar-refractivity contribution in [3.63, 3.8) is 0 Å². The molecule has 0 atom stereocenters. The Bertz CT molecular complexity index is 321. The maximum absolute atomic E-state index is 4.01. The molecule has 14 heavy (non-hydrogen) atoms. The molecule has 1 rings (SSSR count). The Kier molecular flexibility index (Phi) is 3.94. The highest BCUT2D eigenvalue weighted by Crippen LogP contribution is 2.19. The zero-order valence-corrected chi connectivity index (χ0v) is 9.56. The van der Waals surface area contributed by atoms with Gasteiger partial charge in [-0.3, -0.25) is 0 Å². The van der Waals surface area contributed by atoms with Gasteiger partial charge < -0.3 is 0 Å². The molecule has 0 radical (unpaired) electrons. The first-order valence-corrected chi connectivity index (χ1v) is 5.40. The van der Waals surface area contributed by atoms with Crippen molar-refractivity contribution in [1.82, 2.24) is 0 Å². The van der Waals surface area contributed by atoms with Crippen molar-refractivity contribution in [2.24, 2.45) is 0 Å². The van der Waals surface area contributed by atoms with Gasteiger partial charge in [-0.15, -0.1) is 0 Å². The first-order chi connectivity index (χ1) is 6.65. The highest BCUT2D eigenvalue weighted by molar-refractivity contribution is 5.64. The van der Waals surface area contributed by atoms with Gasteiger partial charge in [0.2, 0.25) is 0 Å². The summed E-state index contributed by atoms with van der Waals surface area (Å²) in [7, 11) is 0. The lowest BCUT2D eigenvalue weighted by Gasteiger charge is -2.08. The van der Waals surface area contributed by atoms with Crippen LogP contribution in [-0.2, 0) is 6.42 Å². The van der Waals surface area contributed by atoms with E-state index in [-0.39, 0.29) is 0 Å². The number of allylic oxidation sites excluding steroid dienone is 1. The van der Waals surface area contributed by atoms with Crippen LogP contribution in [0.1, 0.15) is 43.4 Å². The summed E-state index contributed by atoms with van der Waals surface area (Å²) in [5, 5.41) is 0. The average molecular weight is 188 g/mol. The molecule has 1 aromatic carbocycles. The van der Waals surface area contributed by atoms with Crippen LogP contribution in [0, 0.1) is 6.92 Å². The summed E-state index contributed by atoms with van der Waals surface area (Å²) in [6.45, 7) is 10.5. The number of hydrogen-bond acceptors (Lipinski definition) is 0. The van der Waals surface area contributed by atoms with Gasteiger partial charge in [0.05, 0.1) is 0 Å². The van der Waals surface area contributed by atoms with E-state index in [1.165, 1.54) is 41.5 Å². The standard InChI is InChI=1S/C14H20/c1-5-6-7-13-9-8-12(4)14(10-13)11(2)3/h8-10H,2,5-7H2,1,3-4H3. The molecule has 0 aliphatic heterocycles. The van der Waals surface area contributed by atoms with Crippen LogP contribution < -0.4 is 0 Å². The van der Waals surface area contributed by atoms with Gasteiger partial charge in [-0.25, -0.2) is 0 Å². The Morgan fingerprint density at radius 2 is 2.07 bits per heavy atom. The highest BCUT2D eigenvalue weighted by atomic mass is 14.1. The van der Waals surface area contributed by atoms with Gasteiger partial charge in [0.1, 0.15) is 0 Å². The third kappa shape index (κ3) is 2.73. The second kappa shape index (κ2) is 4.99. The predicted molar refractivity (Wildman–Crippen MR) is 64.5 cm³/mol. The lowest BCUT2D eigenvalue weighted by atomic mass is 9.98. The third-order valence-corrected chi connectivity index (χ3v) is 2.58. The monoisotopic (exact) mass is 188 g/mol. The van der Waals surface area contributed by atoms with Gasteiger partial charge in [-0.1, -0.05) is 43.7 Å². The summed E-state index contributed by atoms with van der Waals surface area (Å²) < 4.78 is 0. The molecule has 0 saturated heterocycles. The van der Waals surface area contributed by atoms with E-state index in [2.05, 4.69) is 45.5 Å². The molecule has 0 aromatic heterocycles. The largest absolute Gasteiger partial charge is 0.0955 e. The van der Waals surface area contributed by atoms with Crippen molar-refractivity contribution in [3.8, 4) is 0 Å². The van der Waals surface area contributed by atoms with Crippen LogP contribution >= 0.6 is 0 Å². The Balaban J connectivity index is 2.89. The lowest BCUT2D eigenvalue weighted by Crippen LogP contribution is -1.90. The summed E-state index contributed by atoms with van der Waals surface area (Å²) in [6, 6.07) is 6.72. The van der Waals surface area contributed by atoms with Crippen molar-refractivity contribution in [1.29, 1.82) is 0 Å². The molecule has 0 aliphatic carbocycles. The Morgan fingerprint density at radius 3 is 2.64 bits per heavy atom. The van der Waals surface area contributed by atoms with Crippen LogP contribution in [0.5, 0.6) is 0 Å². The van der Waals surface area contributed by atoms with E-state index in [0.29, 0.717) is 0 Å². The summed E-state index contributed by atoms with van der Waals surface area (Å²) >= 11 is 0. The number of rotatable bonds is 4. The SMILES string of the molecule is C=C(C)c1cc(CCCC)ccc1C. The van der Waals surface area contributed by atoms with Crippen molar-refractivity contribution < 1.29 is 0 Å². The molecule has 1 aromatic rings. The van der Waals surface area contributed by atoms with Crippen LogP contribution in [0.25, 0.3) is 5.57 Å². The van der Waals surface area contributed by atoms with Gasteiger partial charge in [-0.05, 0) is 43.4 Å². The van der Waals surface area contributed by atoms with Crippen LogP contribution in [-0.4, -0.2) is 0 Å².